The Labute approximate surface area is 144 Å². The number of benzene rings is 2. The maximum atomic E-state index is 12.6. The van der Waals surface area contributed by atoms with E-state index in [9.17, 15) is 22.8 Å². The van der Waals surface area contributed by atoms with Gasteiger partial charge in [0.1, 0.15) is 0 Å². The molecule has 0 aromatic heterocycles. The molecule has 0 aliphatic heterocycles. The molecule has 0 spiro atoms. The second kappa shape index (κ2) is 7.11. The summed E-state index contributed by atoms with van der Waals surface area (Å²) in [6.45, 7) is 0. The van der Waals surface area contributed by atoms with E-state index < -0.39 is 23.6 Å². The van der Waals surface area contributed by atoms with E-state index in [0.29, 0.717) is 0 Å². The fraction of sp³-hybridized carbons (Fsp3) is 0.0667. The number of amides is 2. The van der Waals surface area contributed by atoms with Crippen molar-refractivity contribution in [3.05, 3.63) is 58.1 Å². The molecule has 2 aromatic rings. The molecule has 0 atom stereocenters. The molecule has 0 saturated carbocycles. The minimum absolute atomic E-state index is 0.105. The summed E-state index contributed by atoms with van der Waals surface area (Å²) in [6, 6.07) is 8.15. The predicted octanol–water partition coefficient (Wildman–Crippen LogP) is 4.59. The first-order chi connectivity index (χ1) is 11.2. The van der Waals surface area contributed by atoms with Gasteiger partial charge in [-0.05, 0) is 36.4 Å². The van der Waals surface area contributed by atoms with Crippen LogP contribution in [0.15, 0.2) is 42.5 Å². The molecule has 0 bridgehead atoms. The van der Waals surface area contributed by atoms with Gasteiger partial charge in [-0.3, -0.25) is 9.59 Å². The van der Waals surface area contributed by atoms with Gasteiger partial charge in [-0.15, -0.1) is 0 Å². The topological polar surface area (TPSA) is 58.2 Å². The highest BCUT2D eigenvalue weighted by Gasteiger charge is 2.30. The Morgan fingerprint density at radius 1 is 0.917 bits per heavy atom. The third kappa shape index (κ3) is 4.62. The highest BCUT2D eigenvalue weighted by molar-refractivity contribution is 6.45. The van der Waals surface area contributed by atoms with Crippen LogP contribution in [-0.2, 0) is 15.8 Å². The van der Waals surface area contributed by atoms with Gasteiger partial charge in [-0.1, -0.05) is 29.3 Å². The first kappa shape index (κ1) is 18.1. The molecular formula is C15H9Cl2F3N2O2. The van der Waals surface area contributed by atoms with Gasteiger partial charge in [-0.25, -0.2) is 0 Å². The van der Waals surface area contributed by atoms with Crippen molar-refractivity contribution in [1.82, 2.24) is 0 Å². The van der Waals surface area contributed by atoms with Crippen molar-refractivity contribution in [2.45, 2.75) is 6.18 Å². The lowest BCUT2D eigenvalue weighted by Gasteiger charge is -2.10. The molecule has 0 aliphatic carbocycles. The standard InChI is InChI=1S/C15H9Cl2F3N2O2/c16-9-4-5-11(17)12(7-9)22-14(24)13(23)21-10-3-1-2-8(6-10)15(18,19)20/h1-7H,(H,21,23)(H,22,24). The average molecular weight is 377 g/mol. The van der Waals surface area contributed by atoms with E-state index in [1.54, 1.807) is 0 Å². The number of halogens is 5. The third-order valence-corrected chi connectivity index (χ3v) is 3.40. The lowest BCUT2D eigenvalue weighted by atomic mass is 10.2. The average Bonchev–Trinajstić information content (AvgIpc) is 2.50. The van der Waals surface area contributed by atoms with Gasteiger partial charge in [-0.2, -0.15) is 13.2 Å². The van der Waals surface area contributed by atoms with E-state index in [1.807, 2.05) is 0 Å². The molecule has 126 valence electrons. The molecule has 0 heterocycles. The quantitative estimate of drug-likeness (QED) is 0.753. The smallest absolute Gasteiger partial charge is 0.318 e. The molecule has 0 saturated heterocycles. The van der Waals surface area contributed by atoms with Gasteiger partial charge in [0, 0.05) is 10.7 Å². The van der Waals surface area contributed by atoms with Gasteiger partial charge in [0.15, 0.2) is 0 Å². The molecule has 0 fully saturated rings. The maximum Gasteiger partial charge on any atom is 0.416 e. The molecule has 2 aromatic carbocycles. The molecule has 9 heteroatoms. The summed E-state index contributed by atoms with van der Waals surface area (Å²) in [5.74, 6) is -2.25. The summed E-state index contributed by atoms with van der Waals surface area (Å²) >= 11 is 11.6. The van der Waals surface area contributed by atoms with Gasteiger partial charge in [0.2, 0.25) is 0 Å². The van der Waals surface area contributed by atoms with E-state index in [1.165, 1.54) is 24.3 Å². The van der Waals surface area contributed by atoms with Crippen molar-refractivity contribution in [2.75, 3.05) is 10.6 Å². The van der Waals surface area contributed by atoms with Crippen LogP contribution in [0.1, 0.15) is 5.56 Å². The zero-order chi connectivity index (χ0) is 17.9. The molecule has 2 rings (SSSR count). The molecule has 0 aliphatic rings. The number of hydrogen-bond donors (Lipinski definition) is 2. The van der Waals surface area contributed by atoms with E-state index in [-0.39, 0.29) is 21.4 Å². The molecule has 24 heavy (non-hydrogen) atoms. The van der Waals surface area contributed by atoms with Gasteiger partial charge >= 0.3 is 18.0 Å². The Balaban J connectivity index is 2.09. The fourth-order valence-electron chi connectivity index (χ4n) is 1.73. The Morgan fingerprint density at radius 3 is 2.25 bits per heavy atom. The number of alkyl halides is 3. The van der Waals surface area contributed by atoms with Crippen LogP contribution in [0, 0.1) is 0 Å². The molecule has 0 unspecified atom stereocenters. The minimum atomic E-state index is -4.56. The Bertz CT molecular complexity index is 795. The van der Waals surface area contributed by atoms with Crippen molar-refractivity contribution in [1.29, 1.82) is 0 Å². The third-order valence-electron chi connectivity index (χ3n) is 2.83. The van der Waals surface area contributed by atoms with Crippen molar-refractivity contribution >= 4 is 46.4 Å². The second-order valence-corrected chi connectivity index (χ2v) is 5.45. The van der Waals surface area contributed by atoms with Crippen LogP contribution in [0.5, 0.6) is 0 Å². The molecule has 4 nitrogen and oxygen atoms in total. The van der Waals surface area contributed by atoms with Crippen molar-refractivity contribution in [2.24, 2.45) is 0 Å². The van der Waals surface area contributed by atoms with E-state index in [2.05, 4.69) is 10.6 Å². The molecule has 2 N–H and O–H groups in total. The van der Waals surface area contributed by atoms with E-state index in [0.717, 1.165) is 18.2 Å². The predicted molar refractivity (Wildman–Crippen MR) is 85.2 cm³/mol. The van der Waals surface area contributed by atoms with Crippen molar-refractivity contribution in [3.8, 4) is 0 Å². The number of carbonyl (C=O) groups excluding carboxylic acids is 2. The Kier molecular flexibility index (Phi) is 5.36. The number of nitrogens with one attached hydrogen (secondary N) is 2. The van der Waals surface area contributed by atoms with Gasteiger partial charge in [0.05, 0.1) is 16.3 Å². The van der Waals surface area contributed by atoms with Crippen LogP contribution < -0.4 is 10.6 Å². The van der Waals surface area contributed by atoms with Crippen molar-refractivity contribution < 1.29 is 22.8 Å². The maximum absolute atomic E-state index is 12.6. The summed E-state index contributed by atoms with van der Waals surface area (Å²) in [7, 11) is 0. The zero-order valence-corrected chi connectivity index (χ0v) is 13.3. The van der Waals surface area contributed by atoms with Crippen molar-refractivity contribution in [3.63, 3.8) is 0 Å². The van der Waals surface area contributed by atoms with Crippen LogP contribution in [0.2, 0.25) is 10.0 Å². The van der Waals surface area contributed by atoms with Gasteiger partial charge < -0.3 is 10.6 Å². The lowest BCUT2D eigenvalue weighted by molar-refractivity contribution is -0.137. The zero-order valence-electron chi connectivity index (χ0n) is 11.7. The largest absolute Gasteiger partial charge is 0.416 e. The van der Waals surface area contributed by atoms with Crippen LogP contribution in [-0.4, -0.2) is 11.8 Å². The summed E-state index contributed by atoms with van der Waals surface area (Å²) in [6.07, 6.45) is -4.56. The highest BCUT2D eigenvalue weighted by atomic mass is 35.5. The van der Waals surface area contributed by atoms with Crippen LogP contribution in [0.3, 0.4) is 0 Å². The van der Waals surface area contributed by atoms with E-state index in [4.69, 9.17) is 23.2 Å². The number of rotatable bonds is 2. The molecule has 2 amide bonds. The monoisotopic (exact) mass is 376 g/mol. The fourth-order valence-corrected chi connectivity index (χ4v) is 2.07. The summed E-state index contributed by atoms with van der Waals surface area (Å²) in [5.41, 5.74) is -1.01. The number of anilines is 2. The van der Waals surface area contributed by atoms with Gasteiger partial charge in [0.25, 0.3) is 0 Å². The highest BCUT2D eigenvalue weighted by Crippen LogP contribution is 2.30. The van der Waals surface area contributed by atoms with Crippen LogP contribution in [0.25, 0.3) is 0 Å². The second-order valence-electron chi connectivity index (χ2n) is 4.61. The number of hydrogen-bond acceptors (Lipinski definition) is 2. The minimum Gasteiger partial charge on any atom is -0.318 e. The summed E-state index contributed by atoms with van der Waals surface area (Å²) in [4.78, 5) is 23.6. The van der Waals surface area contributed by atoms with E-state index >= 15 is 0 Å². The lowest BCUT2D eigenvalue weighted by Crippen LogP contribution is -2.29. The first-order valence-electron chi connectivity index (χ1n) is 6.41. The molecule has 0 radical (unpaired) electrons. The Morgan fingerprint density at radius 2 is 1.58 bits per heavy atom. The summed E-state index contributed by atoms with van der Waals surface area (Å²) in [5, 5.41) is 4.75. The van der Waals surface area contributed by atoms with Crippen LogP contribution in [0.4, 0.5) is 24.5 Å². The molecular weight excluding hydrogens is 368 g/mol. The Hall–Kier alpha value is -2.25. The van der Waals surface area contributed by atoms with Crippen LogP contribution >= 0.6 is 23.2 Å². The SMILES string of the molecule is O=C(Nc1cccc(C(F)(F)F)c1)C(=O)Nc1cc(Cl)ccc1Cl. The summed E-state index contributed by atoms with van der Waals surface area (Å²) < 4.78 is 37.8. The number of carbonyl (C=O) groups is 2. The normalized spacial score (nSPS) is 11.0. The first-order valence-corrected chi connectivity index (χ1v) is 7.17.